The number of halogens is 4. The minimum Gasteiger partial charge on any atom is -0.475 e. The van der Waals surface area contributed by atoms with E-state index in [1.54, 1.807) is 0 Å². The van der Waals surface area contributed by atoms with Crippen molar-refractivity contribution in [2.45, 2.75) is 32.1 Å². The first-order valence-electron chi connectivity index (χ1n) is 8.42. The van der Waals surface area contributed by atoms with Crippen LogP contribution >= 0.6 is 22.6 Å². The molecule has 0 saturated carbocycles. The molecule has 0 spiro atoms. The van der Waals surface area contributed by atoms with Gasteiger partial charge in [0, 0.05) is 33.5 Å². The molecule has 1 aliphatic rings. The normalized spacial score (nSPS) is 18.6. The molecule has 3 rings (SSSR count). The van der Waals surface area contributed by atoms with E-state index in [9.17, 15) is 13.2 Å². The zero-order valence-corrected chi connectivity index (χ0v) is 17.6. The van der Waals surface area contributed by atoms with Gasteiger partial charge in [0.2, 0.25) is 0 Å². The fourth-order valence-corrected chi connectivity index (χ4v) is 4.20. The van der Waals surface area contributed by atoms with Crippen LogP contribution < -0.4 is 16.4 Å². The van der Waals surface area contributed by atoms with Crippen LogP contribution in [0.15, 0.2) is 23.3 Å². The van der Waals surface area contributed by atoms with Crippen molar-refractivity contribution in [2.24, 2.45) is 17.8 Å². The number of fused-ring (bicyclic) bond motifs is 3. The van der Waals surface area contributed by atoms with Crippen LogP contribution in [0.5, 0.6) is 0 Å². The van der Waals surface area contributed by atoms with Gasteiger partial charge in [-0.15, -0.1) is 0 Å². The number of carboxylic acid groups (broad SMARTS) is 1. The summed E-state index contributed by atoms with van der Waals surface area (Å²) in [5.41, 5.74) is 9.05. The number of anilines is 1. The number of benzene rings is 1. The Bertz CT molecular complexity index is 926. The SMILES string of the molecule is CCNC1(CC)N=C(N)Nc2cc(I)c3c(ccn3C)c21.O=C(O)C(F)(F)F. The predicted octanol–water partition coefficient (Wildman–Crippen LogP) is 3.33. The summed E-state index contributed by atoms with van der Waals surface area (Å²) in [5, 5.41) is 15.1. The summed E-state index contributed by atoms with van der Waals surface area (Å²) in [5.74, 6) is -2.29. The maximum absolute atomic E-state index is 10.6. The molecule has 0 radical (unpaired) electrons. The van der Waals surface area contributed by atoms with E-state index in [-0.39, 0.29) is 0 Å². The highest BCUT2D eigenvalue weighted by molar-refractivity contribution is 14.1. The van der Waals surface area contributed by atoms with Gasteiger partial charge in [0.1, 0.15) is 5.66 Å². The number of rotatable bonds is 3. The van der Waals surface area contributed by atoms with Crippen molar-refractivity contribution >= 4 is 51.1 Å². The van der Waals surface area contributed by atoms with E-state index in [1.165, 1.54) is 20.0 Å². The molecular weight excluding hydrogens is 490 g/mol. The molecule has 1 atom stereocenters. The van der Waals surface area contributed by atoms with Crippen LogP contribution in [0, 0.1) is 3.57 Å². The summed E-state index contributed by atoms with van der Waals surface area (Å²) < 4.78 is 35.1. The van der Waals surface area contributed by atoms with Gasteiger partial charge >= 0.3 is 12.1 Å². The fraction of sp³-hybridized carbons (Fsp3) is 0.412. The molecule has 0 saturated heterocycles. The number of guanidine groups is 1. The Morgan fingerprint density at radius 3 is 2.57 bits per heavy atom. The Labute approximate surface area is 173 Å². The molecule has 0 bridgehead atoms. The number of hydrogen-bond acceptors (Lipinski definition) is 5. The van der Waals surface area contributed by atoms with Crippen LogP contribution in [-0.2, 0) is 17.5 Å². The first-order chi connectivity index (χ1) is 13.0. The summed E-state index contributed by atoms with van der Waals surface area (Å²) in [6.07, 6.45) is -2.14. The van der Waals surface area contributed by atoms with Crippen molar-refractivity contribution in [1.29, 1.82) is 0 Å². The molecule has 2 aromatic rings. The minimum atomic E-state index is -5.08. The van der Waals surface area contributed by atoms with Crippen LogP contribution in [0.4, 0.5) is 18.9 Å². The van der Waals surface area contributed by atoms with Crippen LogP contribution in [0.3, 0.4) is 0 Å². The van der Waals surface area contributed by atoms with Crippen molar-refractivity contribution in [1.82, 2.24) is 9.88 Å². The molecule has 0 aliphatic carbocycles. The molecule has 28 heavy (non-hydrogen) atoms. The molecule has 154 valence electrons. The lowest BCUT2D eigenvalue weighted by molar-refractivity contribution is -0.192. The van der Waals surface area contributed by atoms with E-state index in [0.29, 0.717) is 5.96 Å². The van der Waals surface area contributed by atoms with E-state index in [1.807, 2.05) is 0 Å². The standard InChI is InChI=1S/C15H20IN5.C2HF3O2/c1-4-15(18-5-2)12-9-6-7-21(3)13(9)10(16)8-11(12)19-14(17)20-15;3-2(4,5)1(6)7/h6-8,18H,4-5H2,1-3H3,(H3,17,19,20);(H,6,7). The highest BCUT2D eigenvalue weighted by Crippen LogP contribution is 2.42. The average molecular weight is 511 g/mol. The number of hydrogen-bond donors (Lipinski definition) is 4. The van der Waals surface area contributed by atoms with Gasteiger partial charge in [0.25, 0.3) is 0 Å². The number of alkyl halides is 3. The van der Waals surface area contributed by atoms with Gasteiger partial charge in [-0.25, -0.2) is 9.79 Å². The summed E-state index contributed by atoms with van der Waals surface area (Å²) in [6.45, 7) is 5.07. The Hall–Kier alpha value is -2.02. The van der Waals surface area contributed by atoms with Gasteiger partial charge in [-0.3, -0.25) is 5.32 Å². The zero-order valence-electron chi connectivity index (χ0n) is 15.5. The average Bonchev–Trinajstić information content (AvgIpc) is 2.96. The van der Waals surface area contributed by atoms with Crippen molar-refractivity contribution in [3.63, 3.8) is 0 Å². The van der Waals surface area contributed by atoms with Gasteiger partial charge in [0.05, 0.1) is 5.52 Å². The van der Waals surface area contributed by atoms with Gasteiger partial charge in [-0.1, -0.05) is 13.8 Å². The molecule has 0 fully saturated rings. The molecule has 1 aromatic heterocycles. The number of nitrogens with zero attached hydrogens (tertiary/aromatic N) is 2. The second kappa shape index (κ2) is 8.15. The third kappa shape index (κ3) is 4.19. The van der Waals surface area contributed by atoms with Crippen LogP contribution in [0.1, 0.15) is 25.8 Å². The summed E-state index contributed by atoms with van der Waals surface area (Å²) in [6, 6.07) is 4.32. The monoisotopic (exact) mass is 511 g/mol. The quantitative estimate of drug-likeness (QED) is 0.474. The maximum atomic E-state index is 10.6. The lowest BCUT2D eigenvalue weighted by Gasteiger charge is -2.36. The van der Waals surface area contributed by atoms with E-state index < -0.39 is 17.8 Å². The molecule has 5 N–H and O–H groups in total. The second-order valence-electron chi connectivity index (χ2n) is 6.14. The number of aromatic nitrogens is 1. The zero-order chi connectivity index (χ0) is 21.3. The number of nitrogens with one attached hydrogen (secondary N) is 2. The molecule has 1 unspecified atom stereocenters. The number of carboxylic acids is 1. The topological polar surface area (TPSA) is 105 Å². The lowest BCUT2D eigenvalue weighted by Crippen LogP contribution is -2.46. The van der Waals surface area contributed by atoms with Crippen molar-refractivity contribution in [2.75, 3.05) is 11.9 Å². The number of aliphatic imine (C=N–C) groups is 1. The highest BCUT2D eigenvalue weighted by atomic mass is 127. The Morgan fingerprint density at radius 1 is 1.46 bits per heavy atom. The van der Waals surface area contributed by atoms with Crippen LogP contribution in [0.25, 0.3) is 10.9 Å². The van der Waals surface area contributed by atoms with Crippen LogP contribution in [0.2, 0.25) is 0 Å². The third-order valence-corrected chi connectivity index (χ3v) is 5.14. The summed E-state index contributed by atoms with van der Waals surface area (Å²) in [4.78, 5) is 13.6. The molecule has 11 heteroatoms. The first kappa shape index (κ1) is 22.3. The smallest absolute Gasteiger partial charge is 0.475 e. The van der Waals surface area contributed by atoms with E-state index in [4.69, 9.17) is 20.6 Å². The minimum absolute atomic E-state index is 0.455. The fourth-order valence-electron chi connectivity index (χ4n) is 3.21. The predicted molar refractivity (Wildman–Crippen MR) is 110 cm³/mol. The molecular formula is C17H21F3IN5O2. The van der Waals surface area contributed by atoms with E-state index >= 15 is 0 Å². The Morgan fingerprint density at radius 2 is 2.07 bits per heavy atom. The number of carbonyl (C=O) groups is 1. The molecule has 7 nitrogen and oxygen atoms in total. The number of aliphatic carboxylic acids is 1. The van der Waals surface area contributed by atoms with E-state index in [0.717, 1.165) is 18.7 Å². The van der Waals surface area contributed by atoms with Crippen LogP contribution in [-0.4, -0.2) is 34.3 Å². The number of aryl methyl sites for hydroxylation is 1. The molecule has 1 aliphatic heterocycles. The van der Waals surface area contributed by atoms with Gasteiger partial charge in [0.15, 0.2) is 5.96 Å². The maximum Gasteiger partial charge on any atom is 0.490 e. The molecule has 1 aromatic carbocycles. The summed E-state index contributed by atoms with van der Waals surface area (Å²) in [7, 11) is 2.08. The highest BCUT2D eigenvalue weighted by Gasteiger charge is 2.38. The first-order valence-corrected chi connectivity index (χ1v) is 9.50. The largest absolute Gasteiger partial charge is 0.490 e. The number of nitrogens with two attached hydrogens (primary N) is 1. The third-order valence-electron chi connectivity index (χ3n) is 4.32. The van der Waals surface area contributed by atoms with Gasteiger partial charge < -0.3 is 20.7 Å². The van der Waals surface area contributed by atoms with Crippen molar-refractivity contribution in [3.05, 3.63) is 27.5 Å². The Kier molecular flexibility index (Phi) is 6.48. The van der Waals surface area contributed by atoms with Gasteiger partial charge in [-0.05, 0) is 47.7 Å². The van der Waals surface area contributed by atoms with Crippen molar-refractivity contribution < 1.29 is 23.1 Å². The summed E-state index contributed by atoms with van der Waals surface area (Å²) >= 11 is 2.38. The van der Waals surface area contributed by atoms with Gasteiger partial charge in [-0.2, -0.15) is 13.2 Å². The molecule has 2 heterocycles. The van der Waals surface area contributed by atoms with E-state index in [2.05, 4.69) is 77.0 Å². The lowest BCUT2D eigenvalue weighted by atomic mass is 9.90. The second-order valence-corrected chi connectivity index (χ2v) is 7.30. The Balaban J connectivity index is 0.000000345. The van der Waals surface area contributed by atoms with Crippen molar-refractivity contribution in [3.8, 4) is 0 Å². The molecule has 0 amide bonds.